The van der Waals surface area contributed by atoms with Crippen molar-refractivity contribution in [3.63, 3.8) is 0 Å². The maximum Gasteiger partial charge on any atom is 0.351 e. The standard InChI is InChI=1S/C20H16FN5O4/c1-29-15-7-5-14(6-8-15)23-17(27)12-26-20(28)25-10-9-22-19(18(25)24-26)30-16-4-2-3-13(21)11-16/h2-11H,12H2,1H3,(H,23,27). The van der Waals surface area contributed by atoms with Gasteiger partial charge in [0.05, 0.1) is 7.11 Å². The van der Waals surface area contributed by atoms with Gasteiger partial charge in [-0.2, -0.15) is 0 Å². The Hall–Kier alpha value is -4.21. The van der Waals surface area contributed by atoms with E-state index in [-0.39, 0.29) is 23.8 Å². The van der Waals surface area contributed by atoms with E-state index in [2.05, 4.69) is 15.4 Å². The summed E-state index contributed by atoms with van der Waals surface area (Å²) in [4.78, 5) is 29.0. The second-order valence-electron chi connectivity index (χ2n) is 6.20. The molecule has 10 heteroatoms. The first kappa shape index (κ1) is 19.1. The Morgan fingerprint density at radius 3 is 2.70 bits per heavy atom. The lowest BCUT2D eigenvalue weighted by atomic mass is 10.3. The quantitative estimate of drug-likeness (QED) is 0.525. The third-order valence-corrected chi connectivity index (χ3v) is 4.15. The minimum absolute atomic E-state index is 0.00881. The van der Waals surface area contributed by atoms with Crippen LogP contribution in [0.2, 0.25) is 0 Å². The molecule has 0 spiro atoms. The average molecular weight is 409 g/mol. The summed E-state index contributed by atoms with van der Waals surface area (Å²) < 4.78 is 26.2. The SMILES string of the molecule is COc1ccc(NC(=O)Cn2nc3c(Oc4cccc(F)c4)nccn3c2=O)cc1. The largest absolute Gasteiger partial charge is 0.497 e. The molecule has 0 saturated carbocycles. The highest BCUT2D eigenvalue weighted by molar-refractivity contribution is 5.90. The van der Waals surface area contributed by atoms with Crippen molar-refractivity contribution in [3.8, 4) is 17.4 Å². The Balaban J connectivity index is 1.56. The fourth-order valence-electron chi connectivity index (χ4n) is 2.75. The summed E-state index contributed by atoms with van der Waals surface area (Å²) in [6.45, 7) is -0.314. The van der Waals surface area contributed by atoms with Gasteiger partial charge in [-0.25, -0.2) is 23.3 Å². The molecule has 0 aliphatic heterocycles. The highest BCUT2D eigenvalue weighted by Gasteiger charge is 2.16. The van der Waals surface area contributed by atoms with Gasteiger partial charge in [-0.1, -0.05) is 6.07 Å². The van der Waals surface area contributed by atoms with Crippen molar-refractivity contribution < 1.29 is 18.7 Å². The molecule has 0 unspecified atom stereocenters. The number of benzene rings is 2. The number of anilines is 1. The minimum Gasteiger partial charge on any atom is -0.497 e. The molecule has 0 fully saturated rings. The molecular formula is C20H16FN5O4. The second kappa shape index (κ2) is 8.03. The van der Waals surface area contributed by atoms with E-state index >= 15 is 0 Å². The molecule has 0 saturated heterocycles. The maximum absolute atomic E-state index is 13.4. The number of methoxy groups -OCH3 is 1. The molecular weight excluding hydrogens is 393 g/mol. The van der Waals surface area contributed by atoms with Crippen molar-refractivity contribution >= 4 is 17.2 Å². The Morgan fingerprint density at radius 2 is 1.97 bits per heavy atom. The van der Waals surface area contributed by atoms with E-state index in [4.69, 9.17) is 9.47 Å². The van der Waals surface area contributed by atoms with E-state index in [1.54, 1.807) is 37.4 Å². The topological polar surface area (TPSA) is 99.8 Å². The van der Waals surface area contributed by atoms with Crippen molar-refractivity contribution in [1.82, 2.24) is 19.2 Å². The lowest BCUT2D eigenvalue weighted by Gasteiger charge is -2.05. The zero-order chi connectivity index (χ0) is 21.1. The molecule has 4 rings (SSSR count). The van der Waals surface area contributed by atoms with Crippen LogP contribution in [-0.2, 0) is 11.3 Å². The first-order chi connectivity index (χ1) is 14.5. The van der Waals surface area contributed by atoms with Gasteiger partial charge in [-0.15, -0.1) is 5.10 Å². The maximum atomic E-state index is 13.4. The van der Waals surface area contributed by atoms with Crippen LogP contribution < -0.4 is 20.5 Å². The van der Waals surface area contributed by atoms with Gasteiger partial charge in [0.1, 0.15) is 23.9 Å². The molecule has 152 valence electrons. The zero-order valence-electron chi connectivity index (χ0n) is 15.8. The second-order valence-corrected chi connectivity index (χ2v) is 6.20. The highest BCUT2D eigenvalue weighted by Crippen LogP contribution is 2.22. The minimum atomic E-state index is -0.540. The van der Waals surface area contributed by atoms with Gasteiger partial charge in [-0.3, -0.25) is 4.79 Å². The van der Waals surface area contributed by atoms with E-state index in [0.29, 0.717) is 11.4 Å². The van der Waals surface area contributed by atoms with Gasteiger partial charge < -0.3 is 14.8 Å². The fraction of sp³-hybridized carbons (Fsp3) is 0.100. The van der Waals surface area contributed by atoms with E-state index in [1.807, 2.05) is 0 Å². The van der Waals surface area contributed by atoms with E-state index < -0.39 is 17.4 Å². The number of hydrogen-bond acceptors (Lipinski definition) is 6. The molecule has 2 aromatic heterocycles. The molecule has 1 amide bonds. The normalized spacial score (nSPS) is 10.7. The number of rotatable bonds is 6. The van der Waals surface area contributed by atoms with Crippen LogP contribution in [-0.4, -0.2) is 32.2 Å². The monoisotopic (exact) mass is 409 g/mol. The summed E-state index contributed by atoms with van der Waals surface area (Å²) in [7, 11) is 1.55. The molecule has 0 bridgehead atoms. The van der Waals surface area contributed by atoms with Crippen LogP contribution >= 0.6 is 0 Å². The summed E-state index contributed by atoms with van der Waals surface area (Å²) in [6.07, 6.45) is 2.76. The fourth-order valence-corrected chi connectivity index (χ4v) is 2.75. The predicted molar refractivity (Wildman–Crippen MR) is 105 cm³/mol. The summed E-state index contributed by atoms with van der Waals surface area (Å²) in [5.41, 5.74) is 0.111. The van der Waals surface area contributed by atoms with Gasteiger partial charge in [0, 0.05) is 24.1 Å². The van der Waals surface area contributed by atoms with Crippen LogP contribution in [0.3, 0.4) is 0 Å². The molecule has 0 radical (unpaired) electrons. The molecule has 0 atom stereocenters. The molecule has 2 heterocycles. The highest BCUT2D eigenvalue weighted by atomic mass is 19.1. The van der Waals surface area contributed by atoms with Crippen LogP contribution in [0.1, 0.15) is 0 Å². The molecule has 4 aromatic rings. The van der Waals surface area contributed by atoms with Crippen LogP contribution in [0.15, 0.2) is 65.7 Å². The van der Waals surface area contributed by atoms with Crippen LogP contribution in [0, 0.1) is 5.82 Å². The van der Waals surface area contributed by atoms with Crippen LogP contribution in [0.4, 0.5) is 10.1 Å². The van der Waals surface area contributed by atoms with Crippen LogP contribution in [0.5, 0.6) is 17.4 Å². The first-order valence-corrected chi connectivity index (χ1v) is 8.85. The lowest BCUT2D eigenvalue weighted by molar-refractivity contribution is -0.117. The van der Waals surface area contributed by atoms with Crippen molar-refractivity contribution in [1.29, 1.82) is 0 Å². The number of ether oxygens (including phenoxy) is 2. The predicted octanol–water partition coefficient (Wildman–Crippen LogP) is 2.47. The Morgan fingerprint density at radius 1 is 1.17 bits per heavy atom. The summed E-state index contributed by atoms with van der Waals surface area (Å²) in [5.74, 6) is -0.0453. The Labute approximate surface area is 169 Å². The van der Waals surface area contributed by atoms with Gasteiger partial charge in [0.15, 0.2) is 0 Å². The number of aromatic nitrogens is 4. The first-order valence-electron chi connectivity index (χ1n) is 8.85. The number of nitrogens with one attached hydrogen (secondary N) is 1. The third kappa shape index (κ3) is 3.97. The van der Waals surface area contributed by atoms with Crippen molar-refractivity contribution in [2.24, 2.45) is 0 Å². The molecule has 1 N–H and O–H groups in total. The number of amides is 1. The van der Waals surface area contributed by atoms with Crippen molar-refractivity contribution in [2.45, 2.75) is 6.54 Å². The molecule has 30 heavy (non-hydrogen) atoms. The summed E-state index contributed by atoms with van der Waals surface area (Å²) in [6, 6.07) is 12.3. The number of nitrogens with zero attached hydrogens (tertiary/aromatic N) is 4. The number of halogens is 1. The number of fused-ring (bicyclic) bond motifs is 1. The average Bonchev–Trinajstić information content (AvgIpc) is 3.05. The Bertz CT molecular complexity index is 1270. The van der Waals surface area contributed by atoms with Gasteiger partial charge in [0.25, 0.3) is 5.88 Å². The summed E-state index contributed by atoms with van der Waals surface area (Å²) >= 11 is 0. The Kier molecular flexibility index (Phi) is 5.12. The van der Waals surface area contributed by atoms with Gasteiger partial charge >= 0.3 is 5.69 Å². The number of hydrogen-bond donors (Lipinski definition) is 1. The van der Waals surface area contributed by atoms with E-state index in [9.17, 15) is 14.0 Å². The van der Waals surface area contributed by atoms with Crippen molar-refractivity contribution in [2.75, 3.05) is 12.4 Å². The van der Waals surface area contributed by atoms with Gasteiger partial charge in [-0.05, 0) is 36.4 Å². The lowest BCUT2D eigenvalue weighted by Crippen LogP contribution is -2.28. The molecule has 9 nitrogen and oxygen atoms in total. The van der Waals surface area contributed by atoms with Gasteiger partial charge in [0.2, 0.25) is 11.6 Å². The number of carbonyl (C=O) groups excluding carboxylic acids is 1. The smallest absolute Gasteiger partial charge is 0.351 e. The number of carbonyl (C=O) groups is 1. The van der Waals surface area contributed by atoms with Crippen molar-refractivity contribution in [3.05, 3.63) is 77.2 Å². The molecule has 0 aliphatic carbocycles. The third-order valence-electron chi connectivity index (χ3n) is 4.15. The molecule has 2 aromatic carbocycles. The van der Waals surface area contributed by atoms with Crippen LogP contribution in [0.25, 0.3) is 5.65 Å². The zero-order valence-corrected chi connectivity index (χ0v) is 15.8. The molecule has 0 aliphatic rings. The summed E-state index contributed by atoms with van der Waals surface area (Å²) in [5, 5.41) is 6.83. The van der Waals surface area contributed by atoms with E-state index in [1.165, 1.54) is 35.0 Å². The van der Waals surface area contributed by atoms with E-state index in [0.717, 1.165) is 4.68 Å².